The molecule has 1 saturated carbocycles. The minimum Gasteiger partial charge on any atom is -0.342 e. The average molecular weight is 210 g/mol. The van der Waals surface area contributed by atoms with E-state index in [1.54, 1.807) is 0 Å². The minimum absolute atomic E-state index is 0.0511. The van der Waals surface area contributed by atoms with E-state index in [9.17, 15) is 4.79 Å². The summed E-state index contributed by atoms with van der Waals surface area (Å²) in [6, 6.07) is 0. The van der Waals surface area contributed by atoms with Crippen molar-refractivity contribution < 1.29 is 4.79 Å². The summed E-state index contributed by atoms with van der Waals surface area (Å²) in [7, 11) is 0. The van der Waals surface area contributed by atoms with Crippen molar-refractivity contribution in [3.63, 3.8) is 0 Å². The van der Waals surface area contributed by atoms with E-state index in [1.165, 1.54) is 0 Å². The monoisotopic (exact) mass is 210 g/mol. The number of nitrogens with zero attached hydrogens (tertiary/aromatic N) is 1. The molecule has 0 aromatic heterocycles. The zero-order valence-corrected chi connectivity index (χ0v) is 9.67. The maximum absolute atomic E-state index is 12.2. The Morgan fingerprint density at radius 2 is 2.00 bits per heavy atom. The van der Waals surface area contributed by atoms with Crippen LogP contribution in [0.4, 0.5) is 0 Å². The topological polar surface area (TPSA) is 46.3 Å². The van der Waals surface area contributed by atoms with Gasteiger partial charge in [-0.1, -0.05) is 6.92 Å². The van der Waals surface area contributed by atoms with Crippen molar-refractivity contribution in [2.75, 3.05) is 19.6 Å². The van der Waals surface area contributed by atoms with Crippen molar-refractivity contribution in [1.82, 2.24) is 4.90 Å². The van der Waals surface area contributed by atoms with Gasteiger partial charge in [-0.25, -0.2) is 0 Å². The van der Waals surface area contributed by atoms with Gasteiger partial charge in [0.25, 0.3) is 0 Å². The molecule has 1 amide bonds. The number of carbonyl (C=O) groups excluding carboxylic acids is 1. The summed E-state index contributed by atoms with van der Waals surface area (Å²) < 4.78 is 0. The number of carbonyl (C=O) groups is 1. The van der Waals surface area contributed by atoms with Crippen molar-refractivity contribution in [2.24, 2.45) is 17.1 Å². The third-order valence-corrected chi connectivity index (χ3v) is 4.22. The molecule has 1 aliphatic heterocycles. The fourth-order valence-electron chi connectivity index (χ4n) is 2.58. The van der Waals surface area contributed by atoms with Crippen LogP contribution in [0.2, 0.25) is 0 Å². The van der Waals surface area contributed by atoms with Gasteiger partial charge in [0.05, 0.1) is 0 Å². The molecule has 1 saturated heterocycles. The number of nitrogens with two attached hydrogens (primary N) is 1. The molecule has 0 spiro atoms. The van der Waals surface area contributed by atoms with Crippen molar-refractivity contribution in [1.29, 1.82) is 0 Å². The first-order valence-corrected chi connectivity index (χ1v) is 6.21. The van der Waals surface area contributed by atoms with Gasteiger partial charge >= 0.3 is 0 Å². The molecule has 1 aliphatic carbocycles. The second-order valence-corrected chi connectivity index (χ2v) is 5.11. The molecular formula is C12H22N2O. The highest BCUT2D eigenvalue weighted by atomic mass is 16.2. The molecular weight excluding hydrogens is 188 g/mol. The molecule has 15 heavy (non-hydrogen) atoms. The Labute approximate surface area is 92.0 Å². The number of rotatable bonds is 3. The standard InChI is InChI=1S/C12H22N2O/c1-2-12(5-6-12)11(15)14-7-3-10(9-13)4-8-14/h10H,2-9,13H2,1H3. The Morgan fingerprint density at radius 1 is 1.40 bits per heavy atom. The van der Waals surface area contributed by atoms with Crippen LogP contribution >= 0.6 is 0 Å². The molecule has 2 N–H and O–H groups in total. The summed E-state index contributed by atoms with van der Waals surface area (Å²) in [6.45, 7) is 4.78. The largest absolute Gasteiger partial charge is 0.342 e. The van der Waals surface area contributed by atoms with Crippen LogP contribution in [-0.4, -0.2) is 30.4 Å². The van der Waals surface area contributed by atoms with Gasteiger partial charge in [0.1, 0.15) is 0 Å². The van der Waals surface area contributed by atoms with Crippen molar-refractivity contribution >= 4 is 5.91 Å². The molecule has 3 nitrogen and oxygen atoms in total. The van der Waals surface area contributed by atoms with Crippen molar-refractivity contribution in [3.05, 3.63) is 0 Å². The Balaban J connectivity index is 1.88. The van der Waals surface area contributed by atoms with E-state index >= 15 is 0 Å². The highest BCUT2D eigenvalue weighted by Gasteiger charge is 2.50. The first kappa shape index (κ1) is 10.9. The normalized spacial score (nSPS) is 25.3. The molecule has 0 atom stereocenters. The van der Waals surface area contributed by atoms with E-state index in [4.69, 9.17) is 5.73 Å². The van der Waals surface area contributed by atoms with Crippen LogP contribution in [0.5, 0.6) is 0 Å². The van der Waals surface area contributed by atoms with Gasteiger partial charge < -0.3 is 10.6 Å². The van der Waals surface area contributed by atoms with E-state index in [0.717, 1.165) is 51.7 Å². The van der Waals surface area contributed by atoms with Crippen LogP contribution in [-0.2, 0) is 4.79 Å². The summed E-state index contributed by atoms with van der Waals surface area (Å²) in [5.41, 5.74) is 5.70. The molecule has 0 aromatic carbocycles. The zero-order valence-electron chi connectivity index (χ0n) is 9.67. The lowest BCUT2D eigenvalue weighted by molar-refractivity contribution is -0.138. The maximum Gasteiger partial charge on any atom is 0.228 e. The molecule has 0 unspecified atom stereocenters. The van der Waals surface area contributed by atoms with E-state index < -0.39 is 0 Å². The molecule has 0 bridgehead atoms. The predicted octanol–water partition coefficient (Wildman–Crippen LogP) is 1.37. The lowest BCUT2D eigenvalue weighted by Crippen LogP contribution is -2.43. The summed E-state index contributed by atoms with van der Waals surface area (Å²) in [5, 5.41) is 0. The summed E-state index contributed by atoms with van der Waals surface area (Å²) in [5.74, 6) is 1.06. The number of piperidine rings is 1. The summed E-state index contributed by atoms with van der Waals surface area (Å²) in [4.78, 5) is 14.3. The van der Waals surface area contributed by atoms with Crippen molar-refractivity contribution in [3.8, 4) is 0 Å². The van der Waals surface area contributed by atoms with E-state index in [1.807, 2.05) is 0 Å². The summed E-state index contributed by atoms with van der Waals surface area (Å²) >= 11 is 0. The molecule has 86 valence electrons. The predicted molar refractivity (Wildman–Crippen MR) is 60.3 cm³/mol. The lowest BCUT2D eigenvalue weighted by atomic mass is 9.94. The van der Waals surface area contributed by atoms with Crippen LogP contribution < -0.4 is 5.73 Å². The Bertz CT molecular complexity index is 240. The van der Waals surface area contributed by atoms with Gasteiger partial charge in [0.2, 0.25) is 5.91 Å². The number of amides is 1. The van der Waals surface area contributed by atoms with E-state index in [0.29, 0.717) is 11.8 Å². The average Bonchev–Trinajstić information content (AvgIpc) is 3.09. The summed E-state index contributed by atoms with van der Waals surface area (Å²) in [6.07, 6.45) is 5.44. The third kappa shape index (κ3) is 2.03. The van der Waals surface area contributed by atoms with Gasteiger partial charge in [0.15, 0.2) is 0 Å². The van der Waals surface area contributed by atoms with Gasteiger partial charge in [-0.3, -0.25) is 4.79 Å². The van der Waals surface area contributed by atoms with Gasteiger partial charge in [-0.15, -0.1) is 0 Å². The molecule has 2 aliphatic rings. The minimum atomic E-state index is 0.0511. The van der Waals surface area contributed by atoms with Gasteiger partial charge in [0, 0.05) is 18.5 Å². The van der Waals surface area contributed by atoms with Crippen LogP contribution in [0.1, 0.15) is 39.0 Å². The smallest absolute Gasteiger partial charge is 0.228 e. The molecule has 2 rings (SSSR count). The molecule has 2 fully saturated rings. The fourth-order valence-corrected chi connectivity index (χ4v) is 2.58. The van der Waals surface area contributed by atoms with E-state index in [2.05, 4.69) is 11.8 Å². The third-order valence-electron chi connectivity index (χ3n) is 4.22. The highest BCUT2D eigenvalue weighted by Crippen LogP contribution is 2.50. The quantitative estimate of drug-likeness (QED) is 0.765. The number of hydrogen-bond donors (Lipinski definition) is 1. The Kier molecular flexibility index (Phi) is 3.01. The highest BCUT2D eigenvalue weighted by molar-refractivity contribution is 5.85. The van der Waals surface area contributed by atoms with Gasteiger partial charge in [-0.2, -0.15) is 0 Å². The van der Waals surface area contributed by atoms with E-state index in [-0.39, 0.29) is 5.41 Å². The van der Waals surface area contributed by atoms with Crippen LogP contribution in [0, 0.1) is 11.3 Å². The number of hydrogen-bond acceptors (Lipinski definition) is 2. The SMILES string of the molecule is CCC1(C(=O)N2CCC(CN)CC2)CC1. The Morgan fingerprint density at radius 3 is 2.40 bits per heavy atom. The Hall–Kier alpha value is -0.570. The number of likely N-dealkylation sites (tertiary alicyclic amines) is 1. The first-order valence-electron chi connectivity index (χ1n) is 6.21. The maximum atomic E-state index is 12.2. The first-order chi connectivity index (χ1) is 7.22. The fraction of sp³-hybridized carbons (Fsp3) is 0.917. The molecule has 0 aromatic rings. The lowest BCUT2D eigenvalue weighted by Gasteiger charge is -2.33. The van der Waals surface area contributed by atoms with Crippen molar-refractivity contribution in [2.45, 2.75) is 39.0 Å². The van der Waals surface area contributed by atoms with Gasteiger partial charge in [-0.05, 0) is 44.6 Å². The molecule has 0 radical (unpaired) electrons. The molecule has 3 heteroatoms. The second-order valence-electron chi connectivity index (χ2n) is 5.11. The van der Waals surface area contributed by atoms with Crippen LogP contribution in [0.15, 0.2) is 0 Å². The second kappa shape index (κ2) is 4.12. The molecule has 1 heterocycles. The van der Waals surface area contributed by atoms with Crippen LogP contribution in [0.3, 0.4) is 0 Å². The zero-order chi connectivity index (χ0) is 10.9. The van der Waals surface area contributed by atoms with Crippen LogP contribution in [0.25, 0.3) is 0 Å².